The molecule has 2 N–H and O–H groups in total. The van der Waals surface area contributed by atoms with Crippen LogP contribution in [0.4, 0.5) is 5.82 Å². The summed E-state index contributed by atoms with van der Waals surface area (Å²) in [7, 11) is 0. The number of likely N-dealkylation sites (tertiary alicyclic amines) is 1. The van der Waals surface area contributed by atoms with Gasteiger partial charge in [-0.25, -0.2) is 19.6 Å². The lowest BCUT2D eigenvalue weighted by Crippen LogP contribution is -2.41. The van der Waals surface area contributed by atoms with Gasteiger partial charge >= 0.3 is 0 Å². The number of nitrogens with zero attached hydrogens (tertiary/aromatic N) is 7. The molecule has 0 bridgehead atoms. The summed E-state index contributed by atoms with van der Waals surface area (Å²) in [6.07, 6.45) is 8.63. The molecule has 1 amide bonds. The third-order valence-corrected chi connectivity index (χ3v) is 7.18. The van der Waals surface area contributed by atoms with Crippen LogP contribution in [0.2, 0.25) is 0 Å². The molecule has 10 heteroatoms. The molecule has 1 saturated heterocycles. The first kappa shape index (κ1) is 24.6. The lowest BCUT2D eigenvalue weighted by molar-refractivity contribution is -0.128. The molecular formula is C29H28N8O2. The number of piperidine rings is 1. The number of aryl methyl sites for hydroxylation is 1. The van der Waals surface area contributed by atoms with Crippen LogP contribution in [-0.4, -0.2) is 48.6 Å². The highest BCUT2D eigenvalue weighted by molar-refractivity contribution is 5.98. The van der Waals surface area contributed by atoms with Crippen LogP contribution in [0.1, 0.15) is 37.3 Å². The number of benzene rings is 1. The summed E-state index contributed by atoms with van der Waals surface area (Å²) in [4.78, 5) is 28.1. The van der Waals surface area contributed by atoms with Crippen molar-refractivity contribution in [2.75, 3.05) is 18.8 Å². The highest BCUT2D eigenvalue weighted by Crippen LogP contribution is 2.35. The number of amides is 1. The molecule has 1 aromatic carbocycles. The number of aromatic nitrogens is 5. The van der Waals surface area contributed by atoms with Crippen molar-refractivity contribution in [3.63, 3.8) is 0 Å². The third-order valence-electron chi connectivity index (χ3n) is 7.18. The Bertz CT molecular complexity index is 1600. The second kappa shape index (κ2) is 10.2. The zero-order valence-electron chi connectivity index (χ0n) is 21.6. The minimum atomic E-state index is -0.215. The van der Waals surface area contributed by atoms with E-state index in [9.17, 15) is 10.1 Å². The van der Waals surface area contributed by atoms with Gasteiger partial charge in [0, 0.05) is 30.9 Å². The fraction of sp³-hybridized carbons (Fsp3) is 0.310. The zero-order valence-corrected chi connectivity index (χ0v) is 21.6. The first-order chi connectivity index (χ1) is 19.0. The third kappa shape index (κ3) is 5.03. The zero-order chi connectivity index (χ0) is 26.9. The van der Waals surface area contributed by atoms with Gasteiger partial charge in [-0.2, -0.15) is 10.4 Å². The van der Waals surface area contributed by atoms with Crippen molar-refractivity contribution in [2.45, 2.75) is 38.6 Å². The van der Waals surface area contributed by atoms with Crippen molar-refractivity contribution in [1.29, 1.82) is 5.26 Å². The van der Waals surface area contributed by atoms with E-state index in [-0.39, 0.29) is 17.5 Å². The first-order valence-corrected chi connectivity index (χ1v) is 13.1. The fourth-order valence-corrected chi connectivity index (χ4v) is 4.92. The van der Waals surface area contributed by atoms with E-state index in [4.69, 9.17) is 15.6 Å². The van der Waals surface area contributed by atoms with Crippen LogP contribution >= 0.6 is 0 Å². The summed E-state index contributed by atoms with van der Waals surface area (Å²) < 4.78 is 7.72. The van der Waals surface area contributed by atoms with Gasteiger partial charge in [-0.3, -0.25) is 4.79 Å². The Hall–Kier alpha value is -4.78. The summed E-state index contributed by atoms with van der Waals surface area (Å²) in [5, 5.41) is 15.1. The van der Waals surface area contributed by atoms with Gasteiger partial charge in [-0.15, -0.1) is 0 Å². The van der Waals surface area contributed by atoms with Crippen LogP contribution in [0.5, 0.6) is 11.6 Å². The molecule has 6 rings (SSSR count). The number of allylic oxidation sites excluding steroid dienone is 1. The van der Waals surface area contributed by atoms with Crippen molar-refractivity contribution >= 4 is 22.8 Å². The molecule has 4 aromatic rings. The van der Waals surface area contributed by atoms with Gasteiger partial charge in [-0.05, 0) is 56.7 Å². The molecule has 2 aliphatic rings. The average Bonchev–Trinajstić information content (AvgIpc) is 3.70. The molecule has 1 aliphatic carbocycles. The SMILES string of the molecule is Cc1ccc(Oc2ccc(-c3nn(C4CCCN(C(=O)C(C#N)=CC5CC5)C4)c4ncnc(N)c34)cn2)cc1. The summed E-state index contributed by atoms with van der Waals surface area (Å²) in [6.45, 7) is 3.06. The summed E-state index contributed by atoms with van der Waals surface area (Å²) >= 11 is 0. The van der Waals surface area contributed by atoms with Gasteiger partial charge < -0.3 is 15.4 Å². The Labute approximate surface area is 225 Å². The highest BCUT2D eigenvalue weighted by Gasteiger charge is 2.31. The summed E-state index contributed by atoms with van der Waals surface area (Å²) in [5.74, 6) is 1.63. The maximum absolute atomic E-state index is 13.1. The standard InChI is InChI=1S/C29H28N8O2/c1-18-4-9-23(10-5-18)39-24-11-8-20(15-32-24)26-25-27(31)33-17-34-28(25)37(35-26)22-3-2-12-36(16-22)29(38)21(14-30)13-19-6-7-19/h4-5,8-11,13,15,17,19,22H,2-3,6-7,12,16H2,1H3,(H2,31,33,34). The van der Waals surface area contributed by atoms with Gasteiger partial charge in [0.1, 0.15) is 35.2 Å². The number of anilines is 1. The number of pyridine rings is 1. The first-order valence-electron chi connectivity index (χ1n) is 13.1. The van der Waals surface area contributed by atoms with Crippen molar-refractivity contribution < 1.29 is 9.53 Å². The van der Waals surface area contributed by atoms with Crippen LogP contribution < -0.4 is 10.5 Å². The molecule has 4 heterocycles. The van der Waals surface area contributed by atoms with Crippen LogP contribution in [0.3, 0.4) is 0 Å². The van der Waals surface area contributed by atoms with E-state index in [2.05, 4.69) is 21.0 Å². The number of hydrogen-bond donors (Lipinski definition) is 1. The molecule has 0 spiro atoms. The van der Waals surface area contributed by atoms with Gasteiger partial charge in [-0.1, -0.05) is 23.8 Å². The number of fused-ring (bicyclic) bond motifs is 1. The average molecular weight is 521 g/mol. The van der Waals surface area contributed by atoms with E-state index in [1.54, 1.807) is 17.2 Å². The van der Waals surface area contributed by atoms with Crippen LogP contribution in [-0.2, 0) is 4.79 Å². The van der Waals surface area contributed by atoms with E-state index < -0.39 is 0 Å². The van der Waals surface area contributed by atoms with Crippen molar-refractivity contribution in [3.8, 4) is 29.0 Å². The Kier molecular flexibility index (Phi) is 6.40. The quantitative estimate of drug-likeness (QED) is 0.288. The van der Waals surface area contributed by atoms with E-state index in [1.165, 1.54) is 6.33 Å². The van der Waals surface area contributed by atoms with Crippen molar-refractivity contribution in [1.82, 2.24) is 29.6 Å². The largest absolute Gasteiger partial charge is 0.439 e. The van der Waals surface area contributed by atoms with Crippen molar-refractivity contribution in [3.05, 3.63) is 66.1 Å². The van der Waals surface area contributed by atoms with E-state index >= 15 is 0 Å². The number of rotatable bonds is 6. The second-order valence-corrected chi connectivity index (χ2v) is 10.1. The molecule has 1 unspecified atom stereocenters. The lowest BCUT2D eigenvalue weighted by atomic mass is 10.0. The second-order valence-electron chi connectivity index (χ2n) is 10.1. The minimum absolute atomic E-state index is 0.119. The van der Waals surface area contributed by atoms with E-state index in [1.807, 2.05) is 48.0 Å². The highest BCUT2D eigenvalue weighted by atomic mass is 16.5. The van der Waals surface area contributed by atoms with E-state index in [0.717, 1.165) is 36.8 Å². The molecule has 10 nitrogen and oxygen atoms in total. The predicted molar refractivity (Wildman–Crippen MR) is 145 cm³/mol. The molecule has 1 atom stereocenters. The number of nitriles is 1. The Balaban J connectivity index is 1.29. The van der Waals surface area contributed by atoms with Gasteiger partial charge in [0.25, 0.3) is 5.91 Å². The minimum Gasteiger partial charge on any atom is -0.439 e. The van der Waals surface area contributed by atoms with E-state index in [0.29, 0.717) is 53.2 Å². The Morgan fingerprint density at radius 1 is 1.13 bits per heavy atom. The summed E-state index contributed by atoms with van der Waals surface area (Å²) in [5.41, 5.74) is 9.66. The number of hydrogen-bond acceptors (Lipinski definition) is 8. The normalized spacial score (nSPS) is 17.7. The number of nitrogen functional groups attached to an aromatic ring is 1. The fourth-order valence-electron chi connectivity index (χ4n) is 4.92. The van der Waals surface area contributed by atoms with Gasteiger partial charge in [0.2, 0.25) is 5.88 Å². The Morgan fingerprint density at radius 2 is 1.95 bits per heavy atom. The maximum Gasteiger partial charge on any atom is 0.264 e. The van der Waals surface area contributed by atoms with Crippen molar-refractivity contribution in [2.24, 2.45) is 5.92 Å². The molecule has 2 fully saturated rings. The monoisotopic (exact) mass is 520 g/mol. The number of carbonyl (C=O) groups excluding carboxylic acids is 1. The van der Waals surface area contributed by atoms with Crippen LogP contribution in [0.25, 0.3) is 22.3 Å². The van der Waals surface area contributed by atoms with Gasteiger partial charge in [0.15, 0.2) is 5.65 Å². The maximum atomic E-state index is 13.1. The molecule has 39 heavy (non-hydrogen) atoms. The number of ether oxygens (including phenoxy) is 1. The predicted octanol–water partition coefficient (Wildman–Crippen LogP) is 4.59. The topological polar surface area (TPSA) is 136 Å². The molecular weight excluding hydrogens is 492 g/mol. The molecule has 3 aromatic heterocycles. The number of carbonyl (C=O) groups is 1. The molecule has 1 aliphatic heterocycles. The lowest BCUT2D eigenvalue weighted by Gasteiger charge is -2.32. The van der Waals surface area contributed by atoms with Gasteiger partial charge in [0.05, 0.1) is 11.4 Å². The molecule has 196 valence electrons. The molecule has 0 radical (unpaired) electrons. The Morgan fingerprint density at radius 3 is 2.67 bits per heavy atom. The van der Waals surface area contributed by atoms with Crippen LogP contribution in [0, 0.1) is 24.2 Å². The van der Waals surface area contributed by atoms with Crippen LogP contribution in [0.15, 0.2) is 60.6 Å². The summed E-state index contributed by atoms with van der Waals surface area (Å²) in [6, 6.07) is 13.4. The smallest absolute Gasteiger partial charge is 0.264 e. The molecule has 1 saturated carbocycles. The number of nitrogens with two attached hydrogens (primary N) is 1.